The summed E-state index contributed by atoms with van der Waals surface area (Å²) in [6.07, 6.45) is 6.27. The van der Waals surface area contributed by atoms with Crippen molar-refractivity contribution in [1.82, 2.24) is 9.71 Å². The topological polar surface area (TPSA) is 82.9 Å². The predicted octanol–water partition coefficient (Wildman–Crippen LogP) is 2.20. The molecule has 108 valence electrons. The van der Waals surface area contributed by atoms with Gasteiger partial charge in [-0.15, -0.1) is 0 Å². The van der Waals surface area contributed by atoms with E-state index in [9.17, 15) is 8.42 Å². The maximum atomic E-state index is 12.3. The zero-order valence-electron chi connectivity index (χ0n) is 11.5. The molecule has 6 heteroatoms. The Bertz CT molecular complexity index is 590. The van der Waals surface area contributed by atoms with Gasteiger partial charge < -0.3 is 0 Å². The maximum Gasteiger partial charge on any atom is 0.242 e. The highest BCUT2D eigenvalue weighted by Gasteiger charge is 2.22. The Morgan fingerprint density at radius 2 is 2.10 bits per heavy atom. The Labute approximate surface area is 120 Å². The van der Waals surface area contributed by atoms with Gasteiger partial charge in [0, 0.05) is 12.2 Å². The second-order valence-electron chi connectivity index (χ2n) is 5.42. The van der Waals surface area contributed by atoms with E-state index in [0.29, 0.717) is 5.92 Å². The Hall–Kier alpha value is -1.45. The summed E-state index contributed by atoms with van der Waals surface area (Å²) in [5.74, 6) is 0.668. The summed E-state index contributed by atoms with van der Waals surface area (Å²) < 4.78 is 27.3. The lowest BCUT2D eigenvalue weighted by atomic mass is 10.0. The minimum Gasteiger partial charge on any atom is -0.244 e. The summed E-state index contributed by atoms with van der Waals surface area (Å²) in [5.41, 5.74) is 0.215. The third kappa shape index (κ3) is 3.78. The van der Waals surface area contributed by atoms with Crippen molar-refractivity contribution < 1.29 is 8.42 Å². The highest BCUT2D eigenvalue weighted by Crippen LogP contribution is 2.23. The second-order valence-corrected chi connectivity index (χ2v) is 7.14. The van der Waals surface area contributed by atoms with Crippen LogP contribution < -0.4 is 4.72 Å². The zero-order chi connectivity index (χ0) is 14.6. The van der Waals surface area contributed by atoms with E-state index in [1.54, 1.807) is 0 Å². The third-order valence-corrected chi connectivity index (χ3v) is 5.25. The van der Waals surface area contributed by atoms with Crippen molar-refractivity contribution in [3.63, 3.8) is 0 Å². The number of sulfonamides is 1. The van der Waals surface area contributed by atoms with E-state index in [2.05, 4.69) is 16.6 Å². The molecule has 0 radical (unpaired) electrons. The molecule has 2 atom stereocenters. The highest BCUT2D eigenvalue weighted by atomic mass is 32.2. The summed E-state index contributed by atoms with van der Waals surface area (Å²) in [6.45, 7) is 2.21. The van der Waals surface area contributed by atoms with Crippen LogP contribution in [0.5, 0.6) is 0 Å². The number of hydrogen-bond donors (Lipinski definition) is 1. The van der Waals surface area contributed by atoms with Crippen molar-refractivity contribution in [2.24, 2.45) is 5.92 Å². The second kappa shape index (κ2) is 6.33. The van der Waals surface area contributed by atoms with Crippen molar-refractivity contribution >= 4 is 10.0 Å². The Kier molecular flexibility index (Phi) is 4.73. The molecule has 1 aromatic heterocycles. The van der Waals surface area contributed by atoms with Crippen LogP contribution in [0.15, 0.2) is 23.2 Å². The van der Waals surface area contributed by atoms with Gasteiger partial charge in [-0.05, 0) is 37.3 Å². The van der Waals surface area contributed by atoms with Crippen LogP contribution in [0, 0.1) is 17.2 Å². The first-order valence-corrected chi connectivity index (χ1v) is 8.38. The molecular weight excluding hydrogens is 274 g/mol. The molecule has 0 spiro atoms. The lowest BCUT2D eigenvalue weighted by Gasteiger charge is -2.16. The number of nitriles is 1. The SMILES string of the molecule is CC1CCCC(NS(=O)(=O)c2ccc(C#N)nc2)CC1. The Morgan fingerprint density at radius 3 is 2.75 bits per heavy atom. The molecule has 5 nitrogen and oxygen atoms in total. The van der Waals surface area contributed by atoms with E-state index in [0.717, 1.165) is 32.1 Å². The predicted molar refractivity (Wildman–Crippen MR) is 75.3 cm³/mol. The van der Waals surface area contributed by atoms with Crippen LogP contribution in [0.4, 0.5) is 0 Å². The van der Waals surface area contributed by atoms with Gasteiger partial charge in [0.05, 0.1) is 0 Å². The van der Waals surface area contributed by atoms with Crippen LogP contribution in [-0.2, 0) is 10.0 Å². The summed E-state index contributed by atoms with van der Waals surface area (Å²) in [5, 5.41) is 8.67. The monoisotopic (exact) mass is 293 g/mol. The number of rotatable bonds is 3. The summed E-state index contributed by atoms with van der Waals surface area (Å²) in [7, 11) is -3.54. The fraction of sp³-hybridized carbons (Fsp3) is 0.571. The smallest absolute Gasteiger partial charge is 0.242 e. The van der Waals surface area contributed by atoms with Crippen molar-refractivity contribution in [1.29, 1.82) is 5.26 Å². The molecule has 1 fully saturated rings. The van der Waals surface area contributed by atoms with E-state index < -0.39 is 10.0 Å². The number of aromatic nitrogens is 1. The van der Waals surface area contributed by atoms with Gasteiger partial charge in [-0.2, -0.15) is 5.26 Å². The minimum absolute atomic E-state index is 0.000549. The number of hydrogen-bond acceptors (Lipinski definition) is 4. The molecule has 1 N–H and O–H groups in total. The van der Waals surface area contributed by atoms with E-state index in [1.165, 1.54) is 18.3 Å². The van der Waals surface area contributed by atoms with Gasteiger partial charge in [0.1, 0.15) is 16.7 Å². The molecular formula is C14H19N3O2S. The van der Waals surface area contributed by atoms with E-state index in [-0.39, 0.29) is 16.6 Å². The number of pyridine rings is 1. The van der Waals surface area contributed by atoms with Crippen molar-refractivity contribution in [3.8, 4) is 6.07 Å². The third-order valence-electron chi connectivity index (χ3n) is 3.74. The van der Waals surface area contributed by atoms with Crippen LogP contribution in [0.2, 0.25) is 0 Å². The van der Waals surface area contributed by atoms with Crippen LogP contribution in [0.25, 0.3) is 0 Å². The lowest BCUT2D eigenvalue weighted by Crippen LogP contribution is -2.34. The highest BCUT2D eigenvalue weighted by molar-refractivity contribution is 7.89. The molecule has 1 aliphatic carbocycles. The van der Waals surface area contributed by atoms with Gasteiger partial charge in [-0.25, -0.2) is 18.1 Å². The molecule has 0 aromatic carbocycles. The molecule has 1 aromatic rings. The molecule has 2 unspecified atom stereocenters. The summed E-state index contributed by atoms with van der Waals surface area (Å²) in [6, 6.07) is 4.72. The molecule has 20 heavy (non-hydrogen) atoms. The van der Waals surface area contributed by atoms with Crippen LogP contribution in [-0.4, -0.2) is 19.4 Å². The largest absolute Gasteiger partial charge is 0.244 e. The lowest BCUT2D eigenvalue weighted by molar-refractivity contribution is 0.484. The van der Waals surface area contributed by atoms with Crippen molar-refractivity contribution in [2.75, 3.05) is 0 Å². The molecule has 0 saturated heterocycles. The Balaban J connectivity index is 2.08. The minimum atomic E-state index is -3.54. The van der Waals surface area contributed by atoms with Crippen molar-refractivity contribution in [2.45, 2.75) is 50.0 Å². The number of nitrogens with zero attached hydrogens (tertiary/aromatic N) is 2. The number of nitrogens with one attached hydrogen (secondary N) is 1. The van der Waals surface area contributed by atoms with Crippen LogP contribution in [0.3, 0.4) is 0 Å². The molecule has 1 heterocycles. The quantitative estimate of drug-likeness (QED) is 0.866. The van der Waals surface area contributed by atoms with Gasteiger partial charge >= 0.3 is 0 Å². The van der Waals surface area contributed by atoms with Crippen LogP contribution in [0.1, 0.15) is 44.7 Å². The Morgan fingerprint density at radius 1 is 1.30 bits per heavy atom. The average Bonchev–Trinajstić information content (AvgIpc) is 2.63. The average molecular weight is 293 g/mol. The molecule has 1 aliphatic rings. The van der Waals surface area contributed by atoms with Gasteiger partial charge in [0.25, 0.3) is 0 Å². The maximum absolute atomic E-state index is 12.3. The normalized spacial score (nSPS) is 23.8. The summed E-state index contributed by atoms with van der Waals surface area (Å²) >= 11 is 0. The van der Waals surface area contributed by atoms with E-state index >= 15 is 0 Å². The van der Waals surface area contributed by atoms with E-state index in [4.69, 9.17) is 5.26 Å². The fourth-order valence-corrected chi connectivity index (χ4v) is 3.75. The fourth-order valence-electron chi connectivity index (χ4n) is 2.50. The van der Waals surface area contributed by atoms with Gasteiger partial charge in [0.15, 0.2) is 0 Å². The molecule has 1 saturated carbocycles. The first-order valence-electron chi connectivity index (χ1n) is 6.90. The standard InChI is InChI=1S/C14H19N3O2S/c1-11-3-2-4-12(6-5-11)17-20(18,19)14-8-7-13(9-15)16-10-14/h7-8,10-12,17H,2-6H2,1H3. The summed E-state index contributed by atoms with van der Waals surface area (Å²) in [4.78, 5) is 3.93. The molecule has 2 rings (SSSR count). The first-order chi connectivity index (χ1) is 9.51. The van der Waals surface area contributed by atoms with Crippen LogP contribution >= 0.6 is 0 Å². The van der Waals surface area contributed by atoms with Gasteiger partial charge in [-0.1, -0.05) is 19.8 Å². The first kappa shape index (κ1) is 14.9. The van der Waals surface area contributed by atoms with Crippen molar-refractivity contribution in [3.05, 3.63) is 24.0 Å². The van der Waals surface area contributed by atoms with Gasteiger partial charge in [-0.3, -0.25) is 0 Å². The van der Waals surface area contributed by atoms with E-state index in [1.807, 2.05) is 6.07 Å². The van der Waals surface area contributed by atoms with Gasteiger partial charge in [0.2, 0.25) is 10.0 Å². The molecule has 0 bridgehead atoms. The molecule has 0 aliphatic heterocycles. The molecule has 0 amide bonds. The zero-order valence-corrected chi connectivity index (χ0v) is 12.4.